The summed E-state index contributed by atoms with van der Waals surface area (Å²) in [6, 6.07) is 17.3. The van der Waals surface area contributed by atoms with Crippen LogP contribution in [-0.2, 0) is 19.1 Å². The second-order valence-electron chi connectivity index (χ2n) is 8.15. The molecule has 2 aromatic carbocycles. The van der Waals surface area contributed by atoms with Gasteiger partial charge in [0.25, 0.3) is 5.91 Å². The Hall–Kier alpha value is -4.91. The van der Waals surface area contributed by atoms with E-state index in [1.807, 2.05) is 37.3 Å². The SMILES string of the molecule is Cc1c(C#N)c(NC(=O)COC(=O)c2ccc(N3NC(=O)CCC3=O)cc2)n(-c2ccccc2)c1C. The van der Waals surface area contributed by atoms with Gasteiger partial charge in [-0.25, -0.2) is 9.80 Å². The lowest BCUT2D eigenvalue weighted by Gasteiger charge is -2.27. The average molecular weight is 486 g/mol. The zero-order chi connectivity index (χ0) is 25.8. The predicted octanol–water partition coefficient (Wildman–Crippen LogP) is 2.92. The highest BCUT2D eigenvalue weighted by molar-refractivity contribution is 6.01. The van der Waals surface area contributed by atoms with Crippen molar-refractivity contribution >= 4 is 35.2 Å². The molecule has 36 heavy (non-hydrogen) atoms. The van der Waals surface area contributed by atoms with Crippen molar-refractivity contribution in [2.24, 2.45) is 0 Å². The summed E-state index contributed by atoms with van der Waals surface area (Å²) in [4.78, 5) is 48.7. The zero-order valence-electron chi connectivity index (χ0n) is 19.7. The van der Waals surface area contributed by atoms with Crippen LogP contribution >= 0.6 is 0 Å². The van der Waals surface area contributed by atoms with Gasteiger partial charge in [-0.3, -0.25) is 24.4 Å². The van der Waals surface area contributed by atoms with E-state index in [1.54, 1.807) is 11.5 Å². The molecule has 0 spiro atoms. The van der Waals surface area contributed by atoms with Crippen LogP contribution in [0.25, 0.3) is 5.69 Å². The summed E-state index contributed by atoms with van der Waals surface area (Å²) in [6.45, 7) is 3.09. The number of carbonyl (C=O) groups excluding carboxylic acids is 4. The number of nitrogens with zero attached hydrogens (tertiary/aromatic N) is 3. The minimum Gasteiger partial charge on any atom is -0.452 e. The molecule has 4 rings (SSSR count). The van der Waals surface area contributed by atoms with E-state index < -0.39 is 18.5 Å². The number of amides is 3. The maximum absolute atomic E-state index is 12.7. The summed E-state index contributed by atoms with van der Waals surface area (Å²) >= 11 is 0. The number of para-hydroxylation sites is 1. The summed E-state index contributed by atoms with van der Waals surface area (Å²) in [5, 5.41) is 13.5. The topological polar surface area (TPSA) is 134 Å². The number of aromatic nitrogens is 1. The third-order valence-corrected chi connectivity index (χ3v) is 5.84. The van der Waals surface area contributed by atoms with E-state index in [-0.39, 0.29) is 30.2 Å². The van der Waals surface area contributed by atoms with Crippen molar-refractivity contribution in [1.82, 2.24) is 9.99 Å². The number of anilines is 2. The minimum absolute atomic E-state index is 0.102. The van der Waals surface area contributed by atoms with E-state index in [0.717, 1.165) is 22.0 Å². The third-order valence-electron chi connectivity index (χ3n) is 5.84. The van der Waals surface area contributed by atoms with Crippen LogP contribution < -0.4 is 15.8 Å². The Morgan fingerprint density at radius 3 is 2.39 bits per heavy atom. The largest absolute Gasteiger partial charge is 0.452 e. The van der Waals surface area contributed by atoms with Crippen molar-refractivity contribution < 1.29 is 23.9 Å². The maximum atomic E-state index is 12.7. The first-order valence-electron chi connectivity index (χ1n) is 11.2. The molecule has 1 fully saturated rings. The highest BCUT2D eigenvalue weighted by Crippen LogP contribution is 2.30. The zero-order valence-corrected chi connectivity index (χ0v) is 19.7. The van der Waals surface area contributed by atoms with Crippen molar-refractivity contribution in [3.8, 4) is 11.8 Å². The molecule has 1 aromatic heterocycles. The lowest BCUT2D eigenvalue weighted by molar-refractivity contribution is -0.130. The van der Waals surface area contributed by atoms with Gasteiger partial charge in [0.2, 0.25) is 11.8 Å². The Morgan fingerprint density at radius 2 is 1.72 bits per heavy atom. The highest BCUT2D eigenvalue weighted by atomic mass is 16.5. The summed E-state index contributed by atoms with van der Waals surface area (Å²) < 4.78 is 6.92. The summed E-state index contributed by atoms with van der Waals surface area (Å²) in [6.07, 6.45) is 0.234. The van der Waals surface area contributed by atoms with E-state index in [4.69, 9.17) is 4.74 Å². The van der Waals surface area contributed by atoms with Gasteiger partial charge in [-0.05, 0) is 55.8 Å². The Balaban J connectivity index is 1.44. The Labute approximate surface area is 207 Å². The van der Waals surface area contributed by atoms with Gasteiger partial charge >= 0.3 is 5.97 Å². The lowest BCUT2D eigenvalue weighted by Crippen LogP contribution is -2.50. The van der Waals surface area contributed by atoms with Crippen molar-refractivity contribution in [3.63, 3.8) is 0 Å². The molecule has 1 saturated heterocycles. The van der Waals surface area contributed by atoms with E-state index in [2.05, 4.69) is 16.8 Å². The number of nitrogens with one attached hydrogen (secondary N) is 2. The fourth-order valence-corrected chi connectivity index (χ4v) is 3.87. The monoisotopic (exact) mass is 485 g/mol. The number of carbonyl (C=O) groups is 4. The number of esters is 1. The van der Waals surface area contributed by atoms with Crippen LogP contribution in [0.1, 0.15) is 40.0 Å². The Kier molecular flexibility index (Phi) is 6.83. The predicted molar refractivity (Wildman–Crippen MR) is 130 cm³/mol. The number of ether oxygens (including phenoxy) is 1. The first kappa shape index (κ1) is 24.2. The van der Waals surface area contributed by atoms with Crippen LogP contribution in [0.3, 0.4) is 0 Å². The average Bonchev–Trinajstić information content (AvgIpc) is 3.13. The second-order valence-corrected chi connectivity index (χ2v) is 8.15. The molecule has 1 aliphatic rings. The summed E-state index contributed by atoms with van der Waals surface area (Å²) in [5.74, 6) is -1.57. The fourth-order valence-electron chi connectivity index (χ4n) is 3.87. The molecule has 0 bridgehead atoms. The standard InChI is InChI=1S/C26H23N5O5/c1-16-17(2)30(19-6-4-3-5-7-19)25(21(16)14-27)28-23(33)15-36-26(35)18-8-10-20(11-9-18)31-24(34)13-12-22(32)29-31/h3-11H,12-13,15H2,1-2H3,(H,28,33)(H,29,32). The molecule has 10 nitrogen and oxygen atoms in total. The molecular formula is C26H23N5O5. The minimum atomic E-state index is -0.739. The fraction of sp³-hybridized carbons (Fsp3) is 0.192. The van der Waals surface area contributed by atoms with Crippen LogP contribution in [-0.4, -0.2) is 34.9 Å². The number of benzene rings is 2. The second kappa shape index (κ2) is 10.1. The first-order valence-corrected chi connectivity index (χ1v) is 11.2. The van der Waals surface area contributed by atoms with Crippen molar-refractivity contribution in [2.45, 2.75) is 26.7 Å². The van der Waals surface area contributed by atoms with E-state index in [1.165, 1.54) is 24.3 Å². The molecule has 1 aliphatic heterocycles. The Bertz CT molecular complexity index is 1390. The maximum Gasteiger partial charge on any atom is 0.338 e. The molecule has 10 heteroatoms. The smallest absolute Gasteiger partial charge is 0.338 e. The van der Waals surface area contributed by atoms with Crippen LogP contribution in [0, 0.1) is 25.2 Å². The van der Waals surface area contributed by atoms with E-state index in [9.17, 15) is 24.4 Å². The molecular weight excluding hydrogens is 462 g/mol. The molecule has 2 heterocycles. The van der Waals surface area contributed by atoms with E-state index >= 15 is 0 Å². The van der Waals surface area contributed by atoms with Crippen molar-refractivity contribution in [1.29, 1.82) is 5.26 Å². The summed E-state index contributed by atoms with van der Waals surface area (Å²) in [5.41, 5.74) is 5.68. The molecule has 2 N–H and O–H groups in total. The first-order chi connectivity index (χ1) is 17.3. The number of hydrogen-bond donors (Lipinski definition) is 2. The molecule has 182 valence electrons. The normalized spacial score (nSPS) is 13.1. The number of hydrogen-bond acceptors (Lipinski definition) is 6. The number of nitriles is 1. The molecule has 0 aliphatic carbocycles. The lowest BCUT2D eigenvalue weighted by atomic mass is 10.2. The van der Waals surface area contributed by atoms with Crippen LogP contribution in [0.15, 0.2) is 54.6 Å². The van der Waals surface area contributed by atoms with Crippen LogP contribution in [0.2, 0.25) is 0 Å². The van der Waals surface area contributed by atoms with Crippen LogP contribution in [0.4, 0.5) is 11.5 Å². The molecule has 0 radical (unpaired) electrons. The van der Waals surface area contributed by atoms with Gasteiger partial charge in [0.1, 0.15) is 11.9 Å². The summed E-state index contributed by atoms with van der Waals surface area (Å²) in [7, 11) is 0. The van der Waals surface area contributed by atoms with Gasteiger partial charge in [-0.15, -0.1) is 0 Å². The highest BCUT2D eigenvalue weighted by Gasteiger charge is 2.25. The molecule has 0 atom stereocenters. The van der Waals surface area contributed by atoms with Gasteiger partial charge < -0.3 is 10.1 Å². The molecule has 0 saturated carbocycles. The van der Waals surface area contributed by atoms with Gasteiger partial charge in [0.05, 0.1) is 16.8 Å². The molecule has 3 aromatic rings. The van der Waals surface area contributed by atoms with Crippen molar-refractivity contribution in [2.75, 3.05) is 16.9 Å². The van der Waals surface area contributed by atoms with E-state index in [0.29, 0.717) is 17.1 Å². The van der Waals surface area contributed by atoms with Gasteiger partial charge in [0, 0.05) is 24.2 Å². The third kappa shape index (κ3) is 4.81. The van der Waals surface area contributed by atoms with Gasteiger partial charge in [-0.2, -0.15) is 5.26 Å². The quantitative estimate of drug-likeness (QED) is 0.516. The number of hydrazine groups is 1. The Morgan fingerprint density at radius 1 is 1.03 bits per heavy atom. The van der Waals surface area contributed by atoms with Gasteiger partial charge in [-0.1, -0.05) is 18.2 Å². The van der Waals surface area contributed by atoms with Crippen LogP contribution in [0.5, 0.6) is 0 Å². The molecule has 3 amide bonds. The van der Waals surface area contributed by atoms with Crippen molar-refractivity contribution in [3.05, 3.63) is 77.0 Å². The number of rotatable bonds is 6. The molecule has 0 unspecified atom stereocenters. The van der Waals surface area contributed by atoms with Gasteiger partial charge in [0.15, 0.2) is 6.61 Å².